The maximum atomic E-state index is 12.9. The Kier molecular flexibility index (Phi) is 7.36. The Balaban J connectivity index is 1.44. The smallest absolute Gasteiger partial charge is 0.338 e. The van der Waals surface area contributed by atoms with Gasteiger partial charge in [-0.15, -0.1) is 0 Å². The second-order valence-corrected chi connectivity index (χ2v) is 8.49. The molecule has 1 aliphatic rings. The van der Waals surface area contributed by atoms with Gasteiger partial charge in [0.2, 0.25) is 0 Å². The number of carbonyl (C=O) groups is 4. The van der Waals surface area contributed by atoms with Gasteiger partial charge in [0.1, 0.15) is 5.75 Å². The summed E-state index contributed by atoms with van der Waals surface area (Å²) in [7, 11) is 0. The second-order valence-electron chi connectivity index (χ2n) is 8.05. The molecule has 1 unspecified atom stereocenters. The van der Waals surface area contributed by atoms with Gasteiger partial charge in [0.25, 0.3) is 17.7 Å². The number of amides is 3. The lowest BCUT2D eigenvalue weighted by Gasteiger charge is -2.15. The van der Waals surface area contributed by atoms with Gasteiger partial charge in [-0.05, 0) is 61.9 Å². The van der Waals surface area contributed by atoms with Crippen LogP contribution in [0.4, 0.5) is 5.69 Å². The van der Waals surface area contributed by atoms with E-state index in [1.165, 1.54) is 25.1 Å². The molecule has 4 rings (SSSR count). The van der Waals surface area contributed by atoms with E-state index in [-0.39, 0.29) is 23.2 Å². The van der Waals surface area contributed by atoms with Gasteiger partial charge in [0, 0.05) is 5.02 Å². The first-order valence-electron chi connectivity index (χ1n) is 11.3. The van der Waals surface area contributed by atoms with Crippen LogP contribution in [0.1, 0.15) is 50.5 Å². The summed E-state index contributed by atoms with van der Waals surface area (Å²) in [4.78, 5) is 52.1. The van der Waals surface area contributed by atoms with E-state index < -0.39 is 29.8 Å². The number of nitrogens with zero attached hydrogens (tertiary/aromatic N) is 1. The molecule has 1 heterocycles. The molecule has 1 N–H and O–H groups in total. The minimum absolute atomic E-state index is 0.0533. The van der Waals surface area contributed by atoms with Crippen LogP contribution in [0.25, 0.3) is 0 Å². The molecular weight excluding hydrogens is 484 g/mol. The maximum Gasteiger partial charge on any atom is 0.338 e. The van der Waals surface area contributed by atoms with Crippen LogP contribution in [-0.4, -0.2) is 41.3 Å². The normalized spacial score (nSPS) is 13.2. The van der Waals surface area contributed by atoms with Crippen molar-refractivity contribution in [3.8, 4) is 5.75 Å². The largest absolute Gasteiger partial charge is 0.492 e. The lowest BCUT2D eigenvalue weighted by atomic mass is 10.1. The molecule has 0 spiro atoms. The highest BCUT2D eigenvalue weighted by Crippen LogP contribution is 2.27. The molecule has 0 fully saturated rings. The summed E-state index contributed by atoms with van der Waals surface area (Å²) in [6, 6.07) is 17.9. The number of fused-ring (bicyclic) bond motifs is 1. The first-order valence-corrected chi connectivity index (χ1v) is 11.6. The van der Waals surface area contributed by atoms with Crippen molar-refractivity contribution >= 4 is 41.0 Å². The second kappa shape index (κ2) is 10.6. The number of halogens is 1. The van der Waals surface area contributed by atoms with Crippen molar-refractivity contribution in [2.24, 2.45) is 0 Å². The molecule has 1 aliphatic heterocycles. The van der Waals surface area contributed by atoms with Crippen molar-refractivity contribution in [3.63, 3.8) is 0 Å². The molecule has 0 radical (unpaired) electrons. The Hall–Kier alpha value is -4.17. The third kappa shape index (κ3) is 5.23. The summed E-state index contributed by atoms with van der Waals surface area (Å²) in [5.74, 6) is -1.81. The van der Waals surface area contributed by atoms with E-state index >= 15 is 0 Å². The number of anilines is 1. The van der Waals surface area contributed by atoms with Gasteiger partial charge in [-0.25, -0.2) is 4.79 Å². The molecule has 0 aliphatic carbocycles. The molecule has 0 saturated carbocycles. The summed E-state index contributed by atoms with van der Waals surface area (Å²) >= 11 is 5.90. The molecule has 0 bridgehead atoms. The average molecular weight is 507 g/mol. The van der Waals surface area contributed by atoms with Gasteiger partial charge in [0.15, 0.2) is 6.10 Å². The number of ether oxygens (including phenoxy) is 2. The van der Waals surface area contributed by atoms with Crippen LogP contribution in [0.2, 0.25) is 5.02 Å². The lowest BCUT2D eigenvalue weighted by Crippen LogP contribution is -2.30. The van der Waals surface area contributed by atoms with Crippen molar-refractivity contribution in [3.05, 3.63) is 94.0 Å². The Morgan fingerprint density at radius 2 is 1.67 bits per heavy atom. The zero-order valence-electron chi connectivity index (χ0n) is 19.6. The standard InChI is InChI=1S/C27H23ClN2O6/c1-3-35-23-7-5-4-6-22(23)29-24(31)16(2)36-27(34)18-10-13-20-21(14-18)26(33)30(25(20)32)15-17-8-11-19(28)12-9-17/h4-14,16H,3,15H2,1-2H3,(H,29,31). The van der Waals surface area contributed by atoms with Gasteiger partial charge in [0.05, 0.1) is 35.5 Å². The third-order valence-corrected chi connectivity index (χ3v) is 5.81. The van der Waals surface area contributed by atoms with Crippen molar-refractivity contribution in [2.75, 3.05) is 11.9 Å². The zero-order chi connectivity index (χ0) is 25.8. The van der Waals surface area contributed by atoms with E-state index in [0.717, 1.165) is 10.5 Å². The predicted octanol–water partition coefficient (Wildman–Crippen LogP) is 4.72. The van der Waals surface area contributed by atoms with Crippen LogP contribution in [0.15, 0.2) is 66.7 Å². The lowest BCUT2D eigenvalue weighted by molar-refractivity contribution is -0.123. The number of imide groups is 1. The molecule has 9 heteroatoms. The SMILES string of the molecule is CCOc1ccccc1NC(=O)C(C)OC(=O)c1ccc2c(c1)C(=O)N(Cc1ccc(Cl)cc1)C2=O. The number of hydrogen-bond acceptors (Lipinski definition) is 6. The number of nitrogens with one attached hydrogen (secondary N) is 1. The molecular formula is C27H23ClN2O6. The van der Waals surface area contributed by atoms with Gasteiger partial charge in [-0.3, -0.25) is 19.3 Å². The van der Waals surface area contributed by atoms with Crippen LogP contribution in [-0.2, 0) is 16.1 Å². The Morgan fingerprint density at radius 3 is 2.39 bits per heavy atom. The van der Waals surface area contributed by atoms with E-state index in [0.29, 0.717) is 23.1 Å². The molecule has 0 aromatic heterocycles. The summed E-state index contributed by atoms with van der Waals surface area (Å²) in [6.45, 7) is 3.76. The highest BCUT2D eigenvalue weighted by molar-refractivity contribution is 6.30. The van der Waals surface area contributed by atoms with Crippen LogP contribution >= 0.6 is 11.6 Å². The van der Waals surface area contributed by atoms with Gasteiger partial charge in [-0.2, -0.15) is 0 Å². The summed E-state index contributed by atoms with van der Waals surface area (Å²) < 4.78 is 10.8. The van der Waals surface area contributed by atoms with Crippen LogP contribution < -0.4 is 10.1 Å². The number of hydrogen-bond donors (Lipinski definition) is 1. The molecule has 0 saturated heterocycles. The van der Waals surface area contributed by atoms with Crippen LogP contribution in [0, 0.1) is 0 Å². The Bertz CT molecular complexity index is 1340. The molecule has 3 aromatic rings. The van der Waals surface area contributed by atoms with Gasteiger partial charge >= 0.3 is 5.97 Å². The topological polar surface area (TPSA) is 102 Å². The minimum Gasteiger partial charge on any atom is -0.492 e. The molecule has 184 valence electrons. The van der Waals surface area contributed by atoms with Gasteiger partial charge in [-0.1, -0.05) is 35.9 Å². The number of para-hydroxylation sites is 2. The molecule has 36 heavy (non-hydrogen) atoms. The van der Waals surface area contributed by atoms with Crippen molar-refractivity contribution in [2.45, 2.75) is 26.5 Å². The van der Waals surface area contributed by atoms with Crippen LogP contribution in [0.5, 0.6) is 5.75 Å². The minimum atomic E-state index is -1.13. The highest BCUT2D eigenvalue weighted by atomic mass is 35.5. The number of benzene rings is 3. The maximum absolute atomic E-state index is 12.9. The van der Waals surface area contributed by atoms with E-state index in [2.05, 4.69) is 5.32 Å². The fourth-order valence-corrected chi connectivity index (χ4v) is 3.83. The van der Waals surface area contributed by atoms with Crippen molar-refractivity contribution in [1.29, 1.82) is 0 Å². The average Bonchev–Trinajstić information content (AvgIpc) is 3.10. The molecule has 8 nitrogen and oxygen atoms in total. The molecule has 3 aromatic carbocycles. The van der Waals surface area contributed by atoms with E-state index in [1.807, 2.05) is 6.92 Å². The number of rotatable bonds is 8. The van der Waals surface area contributed by atoms with Crippen LogP contribution in [0.3, 0.4) is 0 Å². The Morgan fingerprint density at radius 1 is 0.972 bits per heavy atom. The Labute approximate surface area is 212 Å². The van der Waals surface area contributed by atoms with Gasteiger partial charge < -0.3 is 14.8 Å². The quantitative estimate of drug-likeness (QED) is 0.350. The fourth-order valence-electron chi connectivity index (χ4n) is 3.70. The molecule has 3 amide bonds. The van der Waals surface area contributed by atoms with Crippen molar-refractivity contribution < 1.29 is 28.7 Å². The molecule has 1 atom stereocenters. The highest BCUT2D eigenvalue weighted by Gasteiger charge is 2.36. The first kappa shape index (κ1) is 24.9. The monoisotopic (exact) mass is 506 g/mol. The third-order valence-electron chi connectivity index (χ3n) is 5.56. The van der Waals surface area contributed by atoms with E-state index in [9.17, 15) is 19.2 Å². The fraction of sp³-hybridized carbons (Fsp3) is 0.185. The zero-order valence-corrected chi connectivity index (χ0v) is 20.4. The van der Waals surface area contributed by atoms with E-state index in [1.54, 1.807) is 48.5 Å². The number of carbonyl (C=O) groups excluding carboxylic acids is 4. The predicted molar refractivity (Wildman–Crippen MR) is 133 cm³/mol. The summed E-state index contributed by atoms with van der Waals surface area (Å²) in [5, 5.41) is 3.23. The summed E-state index contributed by atoms with van der Waals surface area (Å²) in [6.07, 6.45) is -1.13. The number of esters is 1. The van der Waals surface area contributed by atoms with Crippen molar-refractivity contribution in [1.82, 2.24) is 4.90 Å². The van der Waals surface area contributed by atoms with E-state index in [4.69, 9.17) is 21.1 Å². The summed E-state index contributed by atoms with van der Waals surface area (Å²) in [5.41, 5.74) is 1.54. The first-order chi connectivity index (χ1) is 17.3.